The summed E-state index contributed by atoms with van der Waals surface area (Å²) in [5, 5.41) is 7.85. The number of hydrogen-bond donors (Lipinski definition) is 1. The van der Waals surface area contributed by atoms with Crippen LogP contribution in [-0.4, -0.2) is 41.2 Å². The fraction of sp³-hybridized carbons (Fsp3) is 0.304. The van der Waals surface area contributed by atoms with Crippen molar-refractivity contribution in [2.24, 2.45) is 0 Å². The summed E-state index contributed by atoms with van der Waals surface area (Å²) in [6, 6.07) is 22.2. The fourth-order valence-electron chi connectivity index (χ4n) is 3.46. The Morgan fingerprint density at radius 3 is 2.36 bits per heavy atom. The van der Waals surface area contributed by atoms with Gasteiger partial charge in [-0.05, 0) is 50.7 Å². The van der Waals surface area contributed by atoms with Crippen LogP contribution in [0.2, 0.25) is 0 Å². The third-order valence-corrected chi connectivity index (χ3v) is 5.22. The predicted octanol–water partition coefficient (Wildman–Crippen LogP) is 3.78. The lowest BCUT2D eigenvalue weighted by atomic mass is 10.1. The summed E-state index contributed by atoms with van der Waals surface area (Å²) >= 11 is 0. The molecule has 1 atom stereocenters. The lowest BCUT2D eigenvalue weighted by Gasteiger charge is -2.25. The Morgan fingerprint density at radius 1 is 1.11 bits per heavy atom. The minimum Gasteiger partial charge on any atom is -0.349 e. The third kappa shape index (κ3) is 3.99. The molecule has 0 spiro atoms. The lowest BCUT2D eigenvalue weighted by Crippen LogP contribution is -2.35. The first-order chi connectivity index (χ1) is 13.6. The van der Waals surface area contributed by atoms with Crippen molar-refractivity contribution in [3.63, 3.8) is 0 Å². The Hall–Kier alpha value is -2.92. The highest BCUT2D eigenvalue weighted by Crippen LogP contribution is 2.39. The zero-order valence-corrected chi connectivity index (χ0v) is 16.4. The molecule has 1 aliphatic carbocycles. The van der Waals surface area contributed by atoms with Gasteiger partial charge in [-0.3, -0.25) is 4.79 Å². The van der Waals surface area contributed by atoms with Gasteiger partial charge in [0.05, 0.1) is 17.4 Å². The van der Waals surface area contributed by atoms with Crippen LogP contribution < -0.4 is 5.32 Å². The minimum absolute atomic E-state index is 0.0916. The quantitative estimate of drug-likeness (QED) is 0.685. The Kier molecular flexibility index (Phi) is 5.26. The normalized spacial score (nSPS) is 14.8. The van der Waals surface area contributed by atoms with Crippen molar-refractivity contribution in [1.82, 2.24) is 20.0 Å². The van der Waals surface area contributed by atoms with Crippen molar-refractivity contribution in [2.45, 2.75) is 24.8 Å². The van der Waals surface area contributed by atoms with Crippen LogP contribution in [0.25, 0.3) is 5.69 Å². The summed E-state index contributed by atoms with van der Waals surface area (Å²) in [6.07, 6.45) is 2.31. The van der Waals surface area contributed by atoms with E-state index in [2.05, 4.69) is 22.3 Å². The maximum absolute atomic E-state index is 13.1. The highest BCUT2D eigenvalue weighted by molar-refractivity contribution is 5.93. The largest absolute Gasteiger partial charge is 0.349 e. The summed E-state index contributed by atoms with van der Waals surface area (Å²) in [5.74, 6) is 0.404. The van der Waals surface area contributed by atoms with E-state index in [1.165, 1.54) is 5.56 Å². The van der Waals surface area contributed by atoms with Gasteiger partial charge < -0.3 is 10.2 Å². The van der Waals surface area contributed by atoms with Gasteiger partial charge in [0.25, 0.3) is 5.91 Å². The highest BCUT2D eigenvalue weighted by atomic mass is 16.2. The van der Waals surface area contributed by atoms with Gasteiger partial charge in [0.15, 0.2) is 0 Å². The van der Waals surface area contributed by atoms with Gasteiger partial charge in [-0.25, -0.2) is 4.68 Å². The van der Waals surface area contributed by atoms with Crippen molar-refractivity contribution in [3.8, 4) is 5.69 Å². The molecule has 0 aliphatic heterocycles. The molecule has 0 bridgehead atoms. The Labute approximate surface area is 166 Å². The number of aromatic nitrogens is 2. The smallest absolute Gasteiger partial charge is 0.270 e. The Bertz CT molecular complexity index is 930. The van der Waals surface area contributed by atoms with Gasteiger partial charge in [-0.2, -0.15) is 5.10 Å². The Balaban J connectivity index is 1.56. The van der Waals surface area contributed by atoms with E-state index >= 15 is 0 Å². The second-order valence-corrected chi connectivity index (χ2v) is 7.58. The first kappa shape index (κ1) is 18.4. The summed E-state index contributed by atoms with van der Waals surface area (Å²) < 4.78 is 1.77. The van der Waals surface area contributed by atoms with Crippen LogP contribution in [0.1, 0.15) is 46.5 Å². The van der Waals surface area contributed by atoms with Gasteiger partial charge in [0, 0.05) is 12.5 Å². The topological polar surface area (TPSA) is 50.2 Å². The standard InChI is InChI=1S/C23H26N4O/c1-26(2)22(18-9-5-3-6-10-18)16-24-23(28)21-15-20(17-13-14-17)25-27(21)19-11-7-4-8-12-19/h3-12,15,17,22H,13-14,16H2,1-2H3,(H,24,28)/t22-/m0/s1. The molecule has 1 N–H and O–H groups in total. The number of carbonyl (C=O) groups is 1. The molecule has 1 heterocycles. The van der Waals surface area contributed by atoms with Gasteiger partial charge >= 0.3 is 0 Å². The monoisotopic (exact) mass is 374 g/mol. The van der Waals surface area contributed by atoms with E-state index in [9.17, 15) is 4.79 Å². The number of amides is 1. The molecule has 1 saturated carbocycles. The molecule has 5 heteroatoms. The molecule has 2 aromatic carbocycles. The van der Waals surface area contributed by atoms with E-state index in [0.29, 0.717) is 18.2 Å². The number of hydrogen-bond acceptors (Lipinski definition) is 3. The van der Waals surface area contributed by atoms with Crippen molar-refractivity contribution >= 4 is 5.91 Å². The Morgan fingerprint density at radius 2 is 1.75 bits per heavy atom. The zero-order valence-electron chi connectivity index (χ0n) is 16.4. The predicted molar refractivity (Wildman–Crippen MR) is 111 cm³/mol. The lowest BCUT2D eigenvalue weighted by molar-refractivity contribution is 0.0934. The van der Waals surface area contributed by atoms with Gasteiger partial charge in [-0.1, -0.05) is 48.5 Å². The maximum Gasteiger partial charge on any atom is 0.270 e. The molecular weight excluding hydrogens is 348 g/mol. The first-order valence-corrected chi connectivity index (χ1v) is 9.78. The van der Waals surface area contributed by atoms with E-state index in [1.807, 2.05) is 68.7 Å². The van der Waals surface area contributed by atoms with Crippen LogP contribution in [-0.2, 0) is 0 Å². The molecule has 0 saturated heterocycles. The average molecular weight is 374 g/mol. The molecule has 0 unspecified atom stereocenters. The number of likely N-dealkylation sites (N-methyl/N-ethyl adjacent to an activating group) is 1. The molecule has 5 nitrogen and oxygen atoms in total. The van der Waals surface area contributed by atoms with Crippen LogP contribution in [0.3, 0.4) is 0 Å². The number of para-hydroxylation sites is 1. The van der Waals surface area contributed by atoms with Crippen LogP contribution in [0, 0.1) is 0 Å². The summed E-state index contributed by atoms with van der Waals surface area (Å²) in [6.45, 7) is 0.536. The average Bonchev–Trinajstić information content (AvgIpc) is 3.47. The van der Waals surface area contributed by atoms with E-state index in [0.717, 1.165) is 24.2 Å². The van der Waals surface area contributed by atoms with Gasteiger partial charge in [-0.15, -0.1) is 0 Å². The number of nitrogens with one attached hydrogen (secondary N) is 1. The molecular formula is C23H26N4O. The zero-order chi connectivity index (χ0) is 19.5. The van der Waals surface area contributed by atoms with E-state index < -0.39 is 0 Å². The van der Waals surface area contributed by atoms with E-state index in [4.69, 9.17) is 5.10 Å². The maximum atomic E-state index is 13.1. The highest BCUT2D eigenvalue weighted by Gasteiger charge is 2.29. The van der Waals surface area contributed by atoms with Gasteiger partial charge in [0.2, 0.25) is 0 Å². The van der Waals surface area contributed by atoms with E-state index in [-0.39, 0.29) is 11.9 Å². The summed E-state index contributed by atoms with van der Waals surface area (Å²) in [7, 11) is 4.06. The van der Waals surface area contributed by atoms with Crippen LogP contribution >= 0.6 is 0 Å². The number of rotatable bonds is 7. The first-order valence-electron chi connectivity index (χ1n) is 9.78. The van der Waals surface area contributed by atoms with Crippen molar-refractivity contribution in [3.05, 3.63) is 83.7 Å². The molecule has 144 valence electrons. The molecule has 3 aromatic rings. The second-order valence-electron chi connectivity index (χ2n) is 7.58. The third-order valence-electron chi connectivity index (χ3n) is 5.22. The van der Waals surface area contributed by atoms with Crippen molar-refractivity contribution < 1.29 is 4.79 Å². The number of carbonyl (C=O) groups excluding carboxylic acids is 1. The SMILES string of the molecule is CN(C)[C@@H](CNC(=O)c1cc(C2CC2)nn1-c1ccccc1)c1ccccc1. The molecule has 1 amide bonds. The second kappa shape index (κ2) is 7.98. The van der Waals surface area contributed by atoms with Crippen LogP contribution in [0.15, 0.2) is 66.7 Å². The molecule has 1 aromatic heterocycles. The van der Waals surface area contributed by atoms with Crippen LogP contribution in [0.4, 0.5) is 0 Å². The van der Waals surface area contributed by atoms with Crippen molar-refractivity contribution in [2.75, 3.05) is 20.6 Å². The van der Waals surface area contributed by atoms with Crippen molar-refractivity contribution in [1.29, 1.82) is 0 Å². The molecule has 0 radical (unpaired) electrons. The summed E-state index contributed by atoms with van der Waals surface area (Å²) in [4.78, 5) is 15.2. The van der Waals surface area contributed by atoms with E-state index in [1.54, 1.807) is 4.68 Å². The molecule has 1 aliphatic rings. The number of nitrogens with zero attached hydrogens (tertiary/aromatic N) is 3. The fourth-order valence-corrected chi connectivity index (χ4v) is 3.46. The minimum atomic E-state index is -0.0916. The summed E-state index contributed by atoms with van der Waals surface area (Å²) in [5.41, 5.74) is 3.70. The van der Waals surface area contributed by atoms with Gasteiger partial charge in [0.1, 0.15) is 5.69 Å². The molecule has 1 fully saturated rings. The van der Waals surface area contributed by atoms with Crippen LogP contribution in [0.5, 0.6) is 0 Å². The molecule has 4 rings (SSSR count). The molecule has 28 heavy (non-hydrogen) atoms. The number of benzene rings is 2.